The monoisotopic (exact) mass is 226 g/mol. The minimum Gasteiger partial charge on any atom is -0.379 e. The van der Waals surface area contributed by atoms with Crippen LogP contribution in [0.25, 0.3) is 0 Å². The second kappa shape index (κ2) is 5.03. The summed E-state index contributed by atoms with van der Waals surface area (Å²) in [5.74, 6) is 0. The van der Waals surface area contributed by atoms with E-state index in [1.165, 1.54) is 32.2 Å². The van der Waals surface area contributed by atoms with Crippen LogP contribution < -0.4 is 10.6 Å². The van der Waals surface area contributed by atoms with Crippen LogP contribution >= 0.6 is 0 Å². The molecule has 0 aromatic rings. The molecule has 0 amide bonds. The van der Waals surface area contributed by atoms with Gasteiger partial charge in [-0.25, -0.2) is 0 Å². The highest BCUT2D eigenvalue weighted by molar-refractivity contribution is 4.98. The van der Waals surface area contributed by atoms with Crippen LogP contribution in [0.1, 0.15) is 46.0 Å². The highest BCUT2D eigenvalue weighted by Crippen LogP contribution is 2.26. The van der Waals surface area contributed by atoms with Crippen LogP contribution in [-0.4, -0.2) is 37.4 Å². The third kappa shape index (κ3) is 2.76. The third-order valence-corrected chi connectivity index (χ3v) is 4.13. The van der Waals surface area contributed by atoms with Gasteiger partial charge in [0.25, 0.3) is 0 Å². The molecule has 2 rings (SSSR count). The summed E-state index contributed by atoms with van der Waals surface area (Å²) in [5.41, 5.74) is 0.575. The quantitative estimate of drug-likeness (QED) is 0.748. The van der Waals surface area contributed by atoms with Gasteiger partial charge in [0.15, 0.2) is 0 Å². The van der Waals surface area contributed by atoms with Gasteiger partial charge in [0.2, 0.25) is 0 Å². The van der Waals surface area contributed by atoms with Crippen molar-refractivity contribution in [1.29, 1.82) is 0 Å². The zero-order valence-electron chi connectivity index (χ0n) is 10.8. The molecule has 2 aliphatic rings. The van der Waals surface area contributed by atoms with Gasteiger partial charge in [-0.05, 0) is 39.2 Å². The summed E-state index contributed by atoms with van der Waals surface area (Å²) in [6.45, 7) is 8.64. The van der Waals surface area contributed by atoms with Crippen LogP contribution in [0.2, 0.25) is 0 Å². The molecule has 0 aromatic heterocycles. The Kier molecular flexibility index (Phi) is 3.88. The Morgan fingerprint density at radius 2 is 2.25 bits per heavy atom. The first-order valence-electron chi connectivity index (χ1n) is 6.76. The molecule has 2 fully saturated rings. The predicted octanol–water partition coefficient (Wildman–Crippen LogP) is 1.68. The number of hydrogen-bond acceptors (Lipinski definition) is 3. The lowest BCUT2D eigenvalue weighted by Gasteiger charge is -2.34. The van der Waals surface area contributed by atoms with Crippen molar-refractivity contribution in [2.45, 2.75) is 57.0 Å². The molecule has 0 spiro atoms. The average Bonchev–Trinajstić information content (AvgIpc) is 2.87. The molecule has 0 bridgehead atoms. The lowest BCUT2D eigenvalue weighted by atomic mass is 9.90. The van der Waals surface area contributed by atoms with Crippen LogP contribution in [-0.2, 0) is 4.74 Å². The lowest BCUT2D eigenvalue weighted by molar-refractivity contribution is 0.166. The maximum absolute atomic E-state index is 5.49. The normalized spacial score (nSPS) is 39.4. The third-order valence-electron chi connectivity index (χ3n) is 4.13. The van der Waals surface area contributed by atoms with Crippen molar-refractivity contribution in [2.75, 3.05) is 26.3 Å². The van der Waals surface area contributed by atoms with Crippen LogP contribution in [0.4, 0.5) is 0 Å². The Hall–Kier alpha value is -0.120. The Morgan fingerprint density at radius 1 is 1.38 bits per heavy atom. The molecule has 0 radical (unpaired) electrons. The zero-order chi connectivity index (χ0) is 11.5. The fourth-order valence-electron chi connectivity index (χ4n) is 2.99. The summed E-state index contributed by atoms with van der Waals surface area (Å²) in [6.07, 6.45) is 6.35. The summed E-state index contributed by atoms with van der Waals surface area (Å²) in [7, 11) is 0. The van der Waals surface area contributed by atoms with E-state index in [0.29, 0.717) is 5.54 Å². The Morgan fingerprint density at radius 3 is 2.81 bits per heavy atom. The Labute approximate surface area is 99.3 Å². The molecule has 16 heavy (non-hydrogen) atoms. The van der Waals surface area contributed by atoms with Gasteiger partial charge in [-0.3, -0.25) is 0 Å². The van der Waals surface area contributed by atoms with Gasteiger partial charge in [0, 0.05) is 24.2 Å². The summed E-state index contributed by atoms with van der Waals surface area (Å²) in [6, 6.07) is 0. The molecular formula is C13H26N2O. The summed E-state index contributed by atoms with van der Waals surface area (Å²) in [5, 5.41) is 7.45. The smallest absolute Gasteiger partial charge is 0.0646 e. The standard InChI is InChI=1S/C13H26N2O/c1-3-5-13(6-4-8-14-13)10-15-12(2)7-9-16-11-12/h14-15H,3-11H2,1-2H3. The maximum atomic E-state index is 5.49. The summed E-state index contributed by atoms with van der Waals surface area (Å²) >= 11 is 0. The SMILES string of the molecule is CCCC1(CNC2(C)CCOC2)CCCN1. The van der Waals surface area contributed by atoms with E-state index in [9.17, 15) is 0 Å². The second-order valence-electron chi connectivity index (χ2n) is 5.78. The van der Waals surface area contributed by atoms with Gasteiger partial charge in [0.05, 0.1) is 6.61 Å². The van der Waals surface area contributed by atoms with Gasteiger partial charge in [0.1, 0.15) is 0 Å². The van der Waals surface area contributed by atoms with Gasteiger partial charge in [-0.2, -0.15) is 0 Å². The van der Waals surface area contributed by atoms with E-state index >= 15 is 0 Å². The van der Waals surface area contributed by atoms with Crippen molar-refractivity contribution >= 4 is 0 Å². The maximum Gasteiger partial charge on any atom is 0.0646 e. The first-order valence-corrected chi connectivity index (χ1v) is 6.76. The van der Waals surface area contributed by atoms with E-state index in [-0.39, 0.29) is 5.54 Å². The molecule has 0 saturated carbocycles. The van der Waals surface area contributed by atoms with E-state index in [0.717, 1.165) is 26.2 Å². The topological polar surface area (TPSA) is 33.3 Å². The fraction of sp³-hybridized carbons (Fsp3) is 1.00. The highest BCUT2D eigenvalue weighted by atomic mass is 16.5. The van der Waals surface area contributed by atoms with E-state index in [2.05, 4.69) is 24.5 Å². The van der Waals surface area contributed by atoms with Gasteiger partial charge >= 0.3 is 0 Å². The van der Waals surface area contributed by atoms with Crippen molar-refractivity contribution in [2.24, 2.45) is 0 Å². The molecule has 3 nitrogen and oxygen atoms in total. The zero-order valence-corrected chi connectivity index (χ0v) is 10.8. The van der Waals surface area contributed by atoms with Crippen molar-refractivity contribution < 1.29 is 4.74 Å². The summed E-state index contributed by atoms with van der Waals surface area (Å²) in [4.78, 5) is 0. The van der Waals surface area contributed by atoms with Crippen molar-refractivity contribution in [3.05, 3.63) is 0 Å². The molecule has 2 heterocycles. The largest absolute Gasteiger partial charge is 0.379 e. The number of nitrogens with one attached hydrogen (secondary N) is 2. The lowest BCUT2D eigenvalue weighted by Crippen LogP contribution is -2.54. The van der Waals surface area contributed by atoms with Gasteiger partial charge in [-0.15, -0.1) is 0 Å². The second-order valence-corrected chi connectivity index (χ2v) is 5.78. The molecule has 3 heteroatoms. The Balaban J connectivity index is 1.86. The van der Waals surface area contributed by atoms with E-state index in [1.54, 1.807) is 0 Å². The minimum atomic E-state index is 0.213. The molecule has 2 unspecified atom stereocenters. The van der Waals surface area contributed by atoms with Crippen molar-refractivity contribution in [1.82, 2.24) is 10.6 Å². The van der Waals surface area contributed by atoms with Crippen LogP contribution in [0, 0.1) is 0 Å². The number of rotatable bonds is 5. The van der Waals surface area contributed by atoms with E-state index < -0.39 is 0 Å². The van der Waals surface area contributed by atoms with E-state index in [4.69, 9.17) is 4.74 Å². The first kappa shape index (κ1) is 12.3. The number of hydrogen-bond donors (Lipinski definition) is 2. The van der Waals surface area contributed by atoms with Crippen molar-refractivity contribution in [3.8, 4) is 0 Å². The predicted molar refractivity (Wildman–Crippen MR) is 66.7 cm³/mol. The highest BCUT2D eigenvalue weighted by Gasteiger charge is 2.36. The first-order chi connectivity index (χ1) is 7.68. The van der Waals surface area contributed by atoms with E-state index in [1.807, 2.05) is 0 Å². The van der Waals surface area contributed by atoms with Crippen LogP contribution in [0.15, 0.2) is 0 Å². The molecule has 2 N–H and O–H groups in total. The number of ether oxygens (including phenoxy) is 1. The molecule has 2 aliphatic heterocycles. The Bertz CT molecular complexity index is 218. The van der Waals surface area contributed by atoms with Crippen LogP contribution in [0.5, 0.6) is 0 Å². The molecule has 0 aromatic carbocycles. The van der Waals surface area contributed by atoms with Gasteiger partial charge in [-0.1, -0.05) is 13.3 Å². The molecule has 94 valence electrons. The van der Waals surface area contributed by atoms with Crippen LogP contribution in [0.3, 0.4) is 0 Å². The fourth-order valence-corrected chi connectivity index (χ4v) is 2.99. The van der Waals surface area contributed by atoms with Gasteiger partial charge < -0.3 is 15.4 Å². The summed E-state index contributed by atoms with van der Waals surface area (Å²) < 4.78 is 5.49. The minimum absolute atomic E-state index is 0.213. The molecular weight excluding hydrogens is 200 g/mol. The molecule has 0 aliphatic carbocycles. The average molecular weight is 226 g/mol. The molecule has 2 atom stereocenters. The van der Waals surface area contributed by atoms with Crippen molar-refractivity contribution in [3.63, 3.8) is 0 Å². The molecule has 2 saturated heterocycles.